The van der Waals surface area contributed by atoms with E-state index in [1.165, 1.54) is 0 Å². The van der Waals surface area contributed by atoms with Crippen LogP contribution in [0, 0.1) is 6.07 Å². The predicted molar refractivity (Wildman–Crippen MR) is 94.4 cm³/mol. The van der Waals surface area contributed by atoms with Gasteiger partial charge in [0.05, 0.1) is 6.20 Å². The molecule has 0 fully saturated rings. The number of benzene rings is 3. The molecule has 0 N–H and O–H groups in total. The van der Waals surface area contributed by atoms with Crippen molar-refractivity contribution in [3.8, 4) is 28.4 Å². The number of hydrogen-bond donors (Lipinski definition) is 0. The van der Waals surface area contributed by atoms with Crippen molar-refractivity contribution < 1.29 is 24.8 Å². The summed E-state index contributed by atoms with van der Waals surface area (Å²) in [6, 6.07) is 31.0. The molecule has 0 spiro atoms. The average Bonchev–Trinajstić information content (AvgIpc) is 3.12. The SMILES string of the molecule is [Ir].[c-]1ccc(-c2ccccc2)cc1-n1nccc1Oc1ccccc1. The van der Waals surface area contributed by atoms with Gasteiger partial charge in [-0.25, -0.2) is 4.68 Å². The molecule has 1 aromatic heterocycles. The van der Waals surface area contributed by atoms with Crippen molar-refractivity contribution >= 4 is 0 Å². The minimum absolute atomic E-state index is 0. The molecule has 4 aromatic rings. The standard InChI is InChI=1S/C21H15N2O.Ir/c1-3-8-17(9-4-1)18-10-7-11-19(16-18)23-21(14-15-22-23)24-20-12-5-2-6-13-20;/h1-10,12-16H;/q-1;. The number of aromatic nitrogens is 2. The van der Waals surface area contributed by atoms with E-state index in [1.807, 2.05) is 66.7 Å². The zero-order valence-corrected chi connectivity index (χ0v) is 15.7. The summed E-state index contributed by atoms with van der Waals surface area (Å²) in [4.78, 5) is 0. The topological polar surface area (TPSA) is 27.1 Å². The average molecular weight is 504 g/mol. The largest absolute Gasteiger partial charge is 0.439 e. The van der Waals surface area contributed by atoms with Gasteiger partial charge in [-0.3, -0.25) is 0 Å². The zero-order valence-electron chi connectivity index (χ0n) is 13.3. The van der Waals surface area contributed by atoms with Crippen LogP contribution in [0.4, 0.5) is 0 Å². The summed E-state index contributed by atoms with van der Waals surface area (Å²) in [7, 11) is 0. The van der Waals surface area contributed by atoms with Crippen molar-refractivity contribution in [2.45, 2.75) is 0 Å². The molecule has 0 bridgehead atoms. The van der Waals surface area contributed by atoms with Gasteiger partial charge >= 0.3 is 0 Å². The van der Waals surface area contributed by atoms with Crippen LogP contribution in [-0.4, -0.2) is 9.78 Å². The molecule has 0 amide bonds. The summed E-state index contributed by atoms with van der Waals surface area (Å²) in [5, 5.41) is 4.38. The molecule has 3 aromatic carbocycles. The van der Waals surface area contributed by atoms with E-state index in [-0.39, 0.29) is 20.1 Å². The van der Waals surface area contributed by atoms with E-state index in [0.717, 1.165) is 22.6 Å². The van der Waals surface area contributed by atoms with E-state index in [9.17, 15) is 0 Å². The van der Waals surface area contributed by atoms with Gasteiger partial charge in [0.1, 0.15) is 5.75 Å². The Morgan fingerprint density at radius 3 is 2.28 bits per heavy atom. The zero-order chi connectivity index (χ0) is 16.2. The molecule has 0 atom stereocenters. The van der Waals surface area contributed by atoms with E-state index in [1.54, 1.807) is 10.9 Å². The fraction of sp³-hybridized carbons (Fsp3) is 0. The van der Waals surface area contributed by atoms with E-state index < -0.39 is 0 Å². The first-order valence-corrected chi connectivity index (χ1v) is 7.75. The molecule has 125 valence electrons. The number of ether oxygens (including phenoxy) is 1. The summed E-state index contributed by atoms with van der Waals surface area (Å²) in [6.45, 7) is 0. The van der Waals surface area contributed by atoms with Gasteiger partial charge in [-0.2, -0.15) is 23.3 Å². The quantitative estimate of drug-likeness (QED) is 0.361. The third-order valence-electron chi connectivity index (χ3n) is 3.70. The summed E-state index contributed by atoms with van der Waals surface area (Å²) in [5.74, 6) is 1.43. The van der Waals surface area contributed by atoms with Crippen molar-refractivity contribution in [2.75, 3.05) is 0 Å². The molecule has 0 aliphatic heterocycles. The molecule has 1 radical (unpaired) electrons. The molecular formula is C21H15IrN2O-. The number of rotatable bonds is 4. The first-order valence-electron chi connectivity index (χ1n) is 7.75. The fourth-order valence-electron chi connectivity index (χ4n) is 2.55. The van der Waals surface area contributed by atoms with Crippen LogP contribution in [0.1, 0.15) is 0 Å². The van der Waals surface area contributed by atoms with Gasteiger partial charge in [-0.05, 0) is 23.4 Å². The number of hydrogen-bond acceptors (Lipinski definition) is 2. The van der Waals surface area contributed by atoms with Crippen LogP contribution in [-0.2, 0) is 20.1 Å². The summed E-state index contributed by atoms with van der Waals surface area (Å²) >= 11 is 0. The van der Waals surface area contributed by atoms with Crippen molar-refractivity contribution in [3.63, 3.8) is 0 Å². The fourth-order valence-corrected chi connectivity index (χ4v) is 2.55. The third kappa shape index (κ3) is 3.87. The van der Waals surface area contributed by atoms with E-state index in [2.05, 4.69) is 29.4 Å². The first kappa shape index (κ1) is 17.2. The molecule has 3 nitrogen and oxygen atoms in total. The van der Waals surface area contributed by atoms with Crippen LogP contribution < -0.4 is 4.74 Å². The normalized spacial score (nSPS) is 10.1. The second-order valence-electron chi connectivity index (χ2n) is 5.32. The van der Waals surface area contributed by atoms with E-state index in [0.29, 0.717) is 5.88 Å². The van der Waals surface area contributed by atoms with Crippen molar-refractivity contribution in [2.24, 2.45) is 0 Å². The smallest absolute Gasteiger partial charge is 0.220 e. The van der Waals surface area contributed by atoms with Crippen LogP contribution in [0.15, 0.2) is 91.1 Å². The van der Waals surface area contributed by atoms with Gasteiger partial charge in [-0.15, -0.1) is 11.6 Å². The maximum atomic E-state index is 5.93. The minimum atomic E-state index is 0. The van der Waals surface area contributed by atoms with Gasteiger partial charge in [0.2, 0.25) is 5.88 Å². The van der Waals surface area contributed by atoms with E-state index >= 15 is 0 Å². The summed E-state index contributed by atoms with van der Waals surface area (Å²) < 4.78 is 7.68. The van der Waals surface area contributed by atoms with Crippen LogP contribution in [0.25, 0.3) is 16.8 Å². The Hall–Kier alpha value is -2.68. The van der Waals surface area contributed by atoms with E-state index in [4.69, 9.17) is 4.74 Å². The van der Waals surface area contributed by atoms with Gasteiger partial charge < -0.3 is 4.74 Å². The predicted octanol–water partition coefficient (Wildman–Crippen LogP) is 5.13. The molecule has 4 heteroatoms. The van der Waals surface area contributed by atoms with Gasteiger partial charge in [0.25, 0.3) is 0 Å². The Balaban J connectivity index is 0.00000182. The van der Waals surface area contributed by atoms with Crippen LogP contribution in [0.3, 0.4) is 0 Å². The Bertz CT molecular complexity index is 936. The summed E-state index contributed by atoms with van der Waals surface area (Å²) in [6.07, 6.45) is 1.72. The van der Waals surface area contributed by atoms with Gasteiger partial charge in [0, 0.05) is 26.2 Å². The molecule has 25 heavy (non-hydrogen) atoms. The van der Waals surface area contributed by atoms with Gasteiger partial charge in [-0.1, -0.05) is 48.5 Å². The van der Waals surface area contributed by atoms with Crippen LogP contribution in [0.5, 0.6) is 11.6 Å². The van der Waals surface area contributed by atoms with Crippen molar-refractivity contribution in [3.05, 3.63) is 97.2 Å². The van der Waals surface area contributed by atoms with Crippen molar-refractivity contribution in [1.82, 2.24) is 9.78 Å². The summed E-state index contributed by atoms with van der Waals surface area (Å²) in [5.41, 5.74) is 3.11. The Labute approximate surface area is 160 Å². The maximum absolute atomic E-state index is 5.93. The van der Waals surface area contributed by atoms with Crippen molar-refractivity contribution in [1.29, 1.82) is 0 Å². The minimum Gasteiger partial charge on any atom is -0.439 e. The maximum Gasteiger partial charge on any atom is 0.220 e. The molecule has 4 rings (SSSR count). The second-order valence-corrected chi connectivity index (χ2v) is 5.32. The molecule has 0 aliphatic rings. The van der Waals surface area contributed by atoms with Crippen LogP contribution in [0.2, 0.25) is 0 Å². The Morgan fingerprint density at radius 2 is 1.52 bits per heavy atom. The molecule has 0 unspecified atom stereocenters. The Morgan fingerprint density at radius 1 is 0.800 bits per heavy atom. The molecule has 0 aliphatic carbocycles. The first-order chi connectivity index (χ1) is 11.9. The molecule has 0 saturated heterocycles. The molecular weight excluding hydrogens is 488 g/mol. The monoisotopic (exact) mass is 504 g/mol. The third-order valence-corrected chi connectivity index (χ3v) is 3.70. The van der Waals surface area contributed by atoms with Crippen LogP contribution >= 0.6 is 0 Å². The second kappa shape index (κ2) is 7.93. The Kier molecular flexibility index (Phi) is 5.44. The number of nitrogens with zero attached hydrogens (tertiary/aromatic N) is 2. The molecule has 0 saturated carbocycles. The molecule has 1 heterocycles. The van der Waals surface area contributed by atoms with Gasteiger partial charge in [0.15, 0.2) is 0 Å². The number of para-hydroxylation sites is 1.